The lowest BCUT2D eigenvalue weighted by atomic mass is 9.45. The Labute approximate surface area is 202 Å². The van der Waals surface area contributed by atoms with Gasteiger partial charge in [-0.2, -0.15) is 0 Å². The average molecular weight is 497 g/mol. The highest BCUT2D eigenvalue weighted by Crippen LogP contribution is 2.71. The van der Waals surface area contributed by atoms with Crippen LogP contribution in [0.15, 0.2) is 23.8 Å². The Morgan fingerprint density at radius 1 is 1.26 bits per heavy atom. The van der Waals surface area contributed by atoms with Gasteiger partial charge >= 0.3 is 5.43 Å². The molecule has 9 heteroatoms. The monoisotopic (exact) mass is 496 g/mol. The molecule has 186 valence electrons. The van der Waals surface area contributed by atoms with Gasteiger partial charge in [-0.05, 0) is 52.0 Å². The van der Waals surface area contributed by atoms with E-state index in [1.54, 1.807) is 26.8 Å². The second-order valence-corrected chi connectivity index (χ2v) is 11.6. The minimum absolute atomic E-state index is 0.0498. The van der Waals surface area contributed by atoms with Gasteiger partial charge in [0, 0.05) is 34.8 Å². The third-order valence-corrected chi connectivity index (χ3v) is 9.44. The predicted octanol–water partition coefficient (Wildman–Crippen LogP) is 3.80. The molecule has 4 aliphatic carbocycles. The summed E-state index contributed by atoms with van der Waals surface area (Å²) in [6, 6.07) is 0. The minimum Gasteiger partial charge on any atom is -0.446 e. The Kier molecular flexibility index (Phi) is 5.11. The van der Waals surface area contributed by atoms with Crippen molar-refractivity contribution >= 4 is 28.6 Å². The van der Waals surface area contributed by atoms with Crippen molar-refractivity contribution in [3.63, 3.8) is 0 Å². The van der Waals surface area contributed by atoms with Crippen LogP contribution in [0, 0.1) is 22.7 Å². The second-order valence-electron chi connectivity index (χ2n) is 11.3. The molecule has 0 spiro atoms. The molecule has 1 aliphatic heterocycles. The number of carbonyl (C=O) groups excluding carboxylic acids is 3. The fourth-order valence-corrected chi connectivity index (χ4v) is 8.00. The van der Waals surface area contributed by atoms with E-state index in [2.05, 4.69) is 0 Å². The number of Topliss-reactive ketones (excluding diaryl/α,β-unsaturated/α-hetero) is 1. The molecule has 1 N–H and O–H groups in total. The Morgan fingerprint density at radius 3 is 2.65 bits per heavy atom. The maximum absolute atomic E-state index is 17.3. The highest BCUT2D eigenvalue weighted by molar-refractivity contribution is 6.61. The number of carbonyl (C=O) groups is 3. The topological polar surface area (TPSA) is 99.1 Å². The molecule has 0 aromatic carbocycles. The van der Waals surface area contributed by atoms with Crippen LogP contribution in [0.3, 0.4) is 0 Å². The van der Waals surface area contributed by atoms with Gasteiger partial charge in [0.05, 0.1) is 12.2 Å². The van der Waals surface area contributed by atoms with Crippen LogP contribution >= 0.6 is 11.6 Å². The van der Waals surface area contributed by atoms with Gasteiger partial charge in [-0.25, -0.2) is 9.18 Å². The van der Waals surface area contributed by atoms with Crippen LogP contribution < -0.4 is 0 Å². The Bertz CT molecular complexity index is 1040. The normalized spacial score (nSPS) is 48.3. The van der Waals surface area contributed by atoms with Gasteiger partial charge in [-0.3, -0.25) is 9.59 Å². The Morgan fingerprint density at radius 2 is 1.97 bits per heavy atom. The Balaban J connectivity index is 1.60. The summed E-state index contributed by atoms with van der Waals surface area (Å²) in [5, 5.41) is 11.5. The van der Waals surface area contributed by atoms with Crippen LogP contribution in [0.2, 0.25) is 0 Å². The van der Waals surface area contributed by atoms with Crippen LogP contribution in [0.1, 0.15) is 53.4 Å². The molecule has 5 aliphatic rings. The van der Waals surface area contributed by atoms with Crippen molar-refractivity contribution in [2.75, 3.05) is 6.61 Å². The molecule has 0 bridgehead atoms. The molecular weight excluding hydrogens is 467 g/mol. The molecule has 34 heavy (non-hydrogen) atoms. The zero-order chi connectivity index (χ0) is 24.9. The molecule has 0 amide bonds. The summed E-state index contributed by atoms with van der Waals surface area (Å²) in [4.78, 5) is 36.8. The van der Waals surface area contributed by atoms with E-state index in [9.17, 15) is 19.5 Å². The van der Waals surface area contributed by atoms with Gasteiger partial charge in [0.15, 0.2) is 29.4 Å². The van der Waals surface area contributed by atoms with E-state index in [-0.39, 0.29) is 24.5 Å². The van der Waals surface area contributed by atoms with E-state index < -0.39 is 63.8 Å². The van der Waals surface area contributed by atoms with E-state index in [1.807, 2.05) is 13.0 Å². The minimum atomic E-state index is -2.03. The zero-order valence-electron chi connectivity index (χ0n) is 19.7. The summed E-state index contributed by atoms with van der Waals surface area (Å²) in [6.45, 7) is 6.38. The highest BCUT2D eigenvalue weighted by atomic mass is 35.5. The summed E-state index contributed by atoms with van der Waals surface area (Å²) in [6.07, 6.45) is 3.57. The molecule has 0 aromatic heterocycles. The number of hydrogen-bond donors (Lipinski definition) is 1. The highest BCUT2D eigenvalue weighted by Gasteiger charge is 2.79. The lowest BCUT2D eigenvalue weighted by Gasteiger charge is -2.62. The molecule has 3 fully saturated rings. The van der Waals surface area contributed by atoms with E-state index in [1.165, 1.54) is 6.08 Å². The third kappa shape index (κ3) is 2.83. The second kappa shape index (κ2) is 7.21. The smallest absolute Gasteiger partial charge is 0.404 e. The summed E-state index contributed by atoms with van der Waals surface area (Å²) in [5.41, 5.74) is -6.10. The molecule has 1 saturated heterocycles. The number of ketones is 2. The number of allylic oxidation sites excluding steroid dienone is 4. The average Bonchev–Trinajstić information content (AvgIpc) is 3.14. The molecule has 8 atom stereocenters. The number of alkyl halides is 1. The van der Waals surface area contributed by atoms with Crippen molar-refractivity contribution in [2.24, 2.45) is 22.7 Å². The standard InChI is InChI=1S/C25H30ClFO7/c1-21(2)33-19-10-16-15-6-5-13-9-14(28)7-8-22(13,3)24(15,27)17(29)11-23(16,4)25(19,34-21)18(30)12-32-20(26)31/h5,7-8,15-17,19,29H,6,9-12H2,1-4H3. The van der Waals surface area contributed by atoms with Crippen LogP contribution in [-0.2, 0) is 23.8 Å². The predicted molar refractivity (Wildman–Crippen MR) is 119 cm³/mol. The maximum Gasteiger partial charge on any atom is 0.404 e. The number of halogens is 2. The first-order valence-corrected chi connectivity index (χ1v) is 12.1. The van der Waals surface area contributed by atoms with E-state index in [0.29, 0.717) is 18.4 Å². The van der Waals surface area contributed by atoms with Gasteiger partial charge in [0.2, 0.25) is 5.78 Å². The van der Waals surface area contributed by atoms with E-state index >= 15 is 4.39 Å². The van der Waals surface area contributed by atoms with Crippen molar-refractivity contribution in [2.45, 2.75) is 82.6 Å². The first-order chi connectivity index (χ1) is 15.7. The van der Waals surface area contributed by atoms with Gasteiger partial charge in [0.25, 0.3) is 0 Å². The first-order valence-electron chi connectivity index (χ1n) is 11.7. The molecule has 0 aromatic rings. The SMILES string of the molecule is CC1(C)OC2CC3C4CC=C5CC(=O)C=CC5(C)C4(F)C(O)CC3(C)C2(C(=O)COC(=O)Cl)O1. The first kappa shape index (κ1) is 24.1. The molecule has 1 heterocycles. The van der Waals surface area contributed by atoms with Crippen LogP contribution in [-0.4, -0.2) is 58.0 Å². The fraction of sp³-hybridized carbons (Fsp3) is 0.720. The largest absolute Gasteiger partial charge is 0.446 e. The quantitative estimate of drug-likeness (QED) is 0.468. The Hall–Kier alpha value is -1.61. The number of fused-ring (bicyclic) bond motifs is 7. The van der Waals surface area contributed by atoms with Crippen molar-refractivity contribution < 1.29 is 38.1 Å². The van der Waals surface area contributed by atoms with Crippen molar-refractivity contribution in [1.82, 2.24) is 0 Å². The molecule has 0 radical (unpaired) electrons. The van der Waals surface area contributed by atoms with Crippen molar-refractivity contribution in [3.8, 4) is 0 Å². The van der Waals surface area contributed by atoms with Crippen LogP contribution in [0.25, 0.3) is 0 Å². The van der Waals surface area contributed by atoms with E-state index in [4.69, 9.17) is 25.8 Å². The summed E-state index contributed by atoms with van der Waals surface area (Å²) in [7, 11) is 0. The number of aliphatic hydroxyl groups is 1. The molecule has 8 unspecified atom stereocenters. The lowest BCUT2D eigenvalue weighted by Crippen LogP contribution is -2.69. The van der Waals surface area contributed by atoms with Crippen molar-refractivity contribution in [1.29, 1.82) is 0 Å². The van der Waals surface area contributed by atoms with E-state index in [0.717, 1.165) is 0 Å². The van der Waals surface area contributed by atoms with Gasteiger partial charge in [-0.1, -0.05) is 24.6 Å². The number of ether oxygens (including phenoxy) is 3. The molecule has 7 nitrogen and oxygen atoms in total. The molecule has 5 rings (SSSR count). The maximum atomic E-state index is 17.3. The fourth-order valence-electron chi connectivity index (χ4n) is 7.94. The van der Waals surface area contributed by atoms with Crippen molar-refractivity contribution in [3.05, 3.63) is 23.8 Å². The van der Waals surface area contributed by atoms with Gasteiger partial charge in [0.1, 0.15) is 0 Å². The number of aliphatic hydroxyl groups excluding tert-OH is 1. The zero-order valence-corrected chi connectivity index (χ0v) is 20.5. The third-order valence-electron chi connectivity index (χ3n) is 9.33. The van der Waals surface area contributed by atoms with Gasteiger partial charge in [-0.15, -0.1) is 0 Å². The summed E-state index contributed by atoms with van der Waals surface area (Å²) in [5.74, 6) is -2.68. The summed E-state index contributed by atoms with van der Waals surface area (Å²) >= 11 is 5.31. The van der Waals surface area contributed by atoms with Gasteiger partial charge < -0.3 is 19.3 Å². The number of hydrogen-bond acceptors (Lipinski definition) is 7. The van der Waals surface area contributed by atoms with Crippen LogP contribution in [0.4, 0.5) is 9.18 Å². The lowest BCUT2D eigenvalue weighted by molar-refractivity contribution is -0.243. The molecule has 2 saturated carbocycles. The molecular formula is C25H30ClFO7. The van der Waals surface area contributed by atoms with Crippen LogP contribution in [0.5, 0.6) is 0 Å². The number of rotatable bonds is 3. The summed E-state index contributed by atoms with van der Waals surface area (Å²) < 4.78 is 34.6.